The van der Waals surface area contributed by atoms with Gasteiger partial charge < -0.3 is 20.1 Å². The number of nitrogens with one attached hydrogen (secondary N) is 2. The van der Waals surface area contributed by atoms with Crippen molar-refractivity contribution in [2.75, 3.05) is 59.7 Å². The van der Waals surface area contributed by atoms with Crippen molar-refractivity contribution in [3.05, 3.63) is 22.4 Å². The Morgan fingerprint density at radius 3 is 2.90 bits per heavy atom. The maximum absolute atomic E-state index is 5.78. The Morgan fingerprint density at radius 1 is 1.34 bits per heavy atom. The van der Waals surface area contributed by atoms with Crippen molar-refractivity contribution >= 4 is 17.3 Å². The van der Waals surface area contributed by atoms with Gasteiger partial charge >= 0.3 is 0 Å². The van der Waals surface area contributed by atoms with E-state index < -0.39 is 0 Å². The highest BCUT2D eigenvalue weighted by atomic mass is 32.1. The number of hydrogen-bond donors (Lipinski definition) is 2. The highest BCUT2D eigenvalue weighted by Crippen LogP contribution is 2.29. The molecule has 0 saturated carbocycles. The summed E-state index contributed by atoms with van der Waals surface area (Å²) in [4.78, 5) is 8.47. The third kappa shape index (κ3) is 7.55. The molecule has 3 heterocycles. The van der Waals surface area contributed by atoms with E-state index in [-0.39, 0.29) is 0 Å². The van der Waals surface area contributed by atoms with Gasteiger partial charge in [-0.1, -0.05) is 13.0 Å². The summed E-state index contributed by atoms with van der Waals surface area (Å²) in [5.41, 5.74) is 0. The molecule has 1 aromatic rings. The second kappa shape index (κ2) is 12.5. The fraction of sp³-hybridized carbons (Fsp3) is 0.773. The number of ether oxygens (including phenoxy) is 2. The van der Waals surface area contributed by atoms with Crippen LogP contribution in [0.5, 0.6) is 0 Å². The first-order valence-corrected chi connectivity index (χ1v) is 12.0. The third-order valence-electron chi connectivity index (χ3n) is 5.95. The van der Waals surface area contributed by atoms with Gasteiger partial charge in [0.2, 0.25) is 0 Å². The van der Waals surface area contributed by atoms with Gasteiger partial charge in [0.1, 0.15) is 0 Å². The summed E-state index contributed by atoms with van der Waals surface area (Å²) in [6, 6.07) is 4.83. The lowest BCUT2D eigenvalue weighted by atomic mass is 9.97. The van der Waals surface area contributed by atoms with Crippen LogP contribution in [-0.4, -0.2) is 70.5 Å². The van der Waals surface area contributed by atoms with Crippen molar-refractivity contribution in [1.29, 1.82) is 0 Å². The van der Waals surface area contributed by atoms with Crippen LogP contribution in [0.2, 0.25) is 0 Å². The highest BCUT2D eigenvalue weighted by Gasteiger charge is 2.25. The summed E-state index contributed by atoms with van der Waals surface area (Å²) < 4.78 is 11.2. The molecule has 2 unspecified atom stereocenters. The van der Waals surface area contributed by atoms with Gasteiger partial charge in [-0.3, -0.25) is 9.89 Å². The van der Waals surface area contributed by atoms with Crippen molar-refractivity contribution in [2.24, 2.45) is 16.8 Å². The predicted molar refractivity (Wildman–Crippen MR) is 121 cm³/mol. The van der Waals surface area contributed by atoms with Crippen LogP contribution in [0.15, 0.2) is 22.5 Å². The summed E-state index contributed by atoms with van der Waals surface area (Å²) >= 11 is 1.85. The van der Waals surface area contributed by atoms with Crippen molar-refractivity contribution in [3.8, 4) is 0 Å². The average molecular weight is 423 g/mol. The summed E-state index contributed by atoms with van der Waals surface area (Å²) in [5.74, 6) is 2.31. The minimum absolute atomic E-state index is 0.415. The van der Waals surface area contributed by atoms with Gasteiger partial charge in [0.05, 0.1) is 19.3 Å². The van der Waals surface area contributed by atoms with E-state index in [1.54, 1.807) is 0 Å². The lowest BCUT2D eigenvalue weighted by Gasteiger charge is -2.36. The smallest absolute Gasteiger partial charge is 0.191 e. The normalized spacial score (nSPS) is 22.7. The Kier molecular flexibility index (Phi) is 9.73. The van der Waals surface area contributed by atoms with Gasteiger partial charge in [0, 0.05) is 44.1 Å². The van der Waals surface area contributed by atoms with Gasteiger partial charge in [-0.15, -0.1) is 11.3 Å². The van der Waals surface area contributed by atoms with Crippen LogP contribution >= 0.6 is 11.3 Å². The summed E-state index contributed by atoms with van der Waals surface area (Å²) in [6.45, 7) is 9.83. The van der Waals surface area contributed by atoms with Gasteiger partial charge in [0.15, 0.2) is 5.96 Å². The number of aliphatic imine (C=N–C) groups is 1. The molecule has 3 rings (SSSR count). The Bertz CT molecular complexity index is 582. The molecule has 2 saturated heterocycles. The first kappa shape index (κ1) is 22.5. The van der Waals surface area contributed by atoms with Gasteiger partial charge in [0.25, 0.3) is 0 Å². The van der Waals surface area contributed by atoms with E-state index in [0.29, 0.717) is 12.0 Å². The van der Waals surface area contributed by atoms with Crippen molar-refractivity contribution in [1.82, 2.24) is 15.5 Å². The van der Waals surface area contributed by atoms with Crippen LogP contribution < -0.4 is 10.6 Å². The predicted octanol–water partition coefficient (Wildman–Crippen LogP) is 3.13. The Morgan fingerprint density at radius 2 is 2.21 bits per heavy atom. The number of guanidine groups is 1. The molecular weight excluding hydrogens is 384 g/mol. The molecule has 2 N–H and O–H groups in total. The molecule has 6 nitrogen and oxygen atoms in total. The van der Waals surface area contributed by atoms with E-state index in [2.05, 4.69) is 45.0 Å². The van der Waals surface area contributed by atoms with E-state index >= 15 is 0 Å². The molecule has 164 valence electrons. The number of likely N-dealkylation sites (tertiary alicyclic amines) is 1. The van der Waals surface area contributed by atoms with Crippen molar-refractivity contribution in [3.63, 3.8) is 0 Å². The molecule has 0 spiro atoms. The zero-order valence-electron chi connectivity index (χ0n) is 18.1. The lowest BCUT2D eigenvalue weighted by molar-refractivity contribution is 0.0888. The summed E-state index contributed by atoms with van der Waals surface area (Å²) in [7, 11) is 1.84. The van der Waals surface area contributed by atoms with Gasteiger partial charge in [-0.05, 0) is 56.1 Å². The van der Waals surface area contributed by atoms with E-state index in [4.69, 9.17) is 9.47 Å². The second-order valence-corrected chi connectivity index (χ2v) is 9.27. The highest BCUT2D eigenvalue weighted by molar-refractivity contribution is 7.10. The zero-order valence-corrected chi connectivity index (χ0v) is 18.9. The molecule has 2 fully saturated rings. The number of nitrogens with zero attached hydrogens (tertiary/aromatic N) is 2. The molecule has 2 aliphatic rings. The molecular formula is C22H38N4O2S. The fourth-order valence-electron chi connectivity index (χ4n) is 3.99. The minimum atomic E-state index is 0.415. The van der Waals surface area contributed by atoms with Crippen LogP contribution in [0.1, 0.15) is 43.5 Å². The lowest BCUT2D eigenvalue weighted by Crippen LogP contribution is -2.45. The molecule has 1 aromatic heterocycles. The molecule has 0 bridgehead atoms. The molecule has 2 atom stereocenters. The SMILES string of the molecule is CN=C(NCCCOCC1CCOC1)NCC(c1cccs1)N1CCC(C)CC1. The van der Waals surface area contributed by atoms with E-state index in [0.717, 1.165) is 64.2 Å². The second-order valence-electron chi connectivity index (χ2n) is 8.29. The van der Waals surface area contributed by atoms with Crippen molar-refractivity contribution in [2.45, 2.75) is 38.6 Å². The molecule has 0 amide bonds. The molecule has 0 aromatic carbocycles. The molecule has 2 aliphatic heterocycles. The van der Waals surface area contributed by atoms with Crippen LogP contribution in [0.4, 0.5) is 0 Å². The maximum atomic E-state index is 5.78. The van der Waals surface area contributed by atoms with Crippen LogP contribution in [0.3, 0.4) is 0 Å². The van der Waals surface area contributed by atoms with Crippen LogP contribution in [0, 0.1) is 11.8 Å². The molecule has 0 aliphatic carbocycles. The molecule has 29 heavy (non-hydrogen) atoms. The first-order valence-electron chi connectivity index (χ1n) is 11.1. The Balaban J connectivity index is 1.37. The standard InChI is InChI=1S/C22H38N4O2S/c1-18-6-10-26(11-7-18)20(21-5-3-14-29-21)15-25-22(23-2)24-9-4-12-27-16-19-8-13-28-17-19/h3,5,14,18-20H,4,6-13,15-17H2,1-2H3,(H2,23,24,25). The first-order chi connectivity index (χ1) is 14.3. The average Bonchev–Trinajstić information content (AvgIpc) is 3.44. The Hall–Kier alpha value is -1.15. The maximum Gasteiger partial charge on any atom is 0.191 e. The largest absolute Gasteiger partial charge is 0.381 e. The fourth-order valence-corrected chi connectivity index (χ4v) is 4.85. The molecule has 0 radical (unpaired) electrons. The zero-order chi connectivity index (χ0) is 20.3. The number of piperidine rings is 1. The topological polar surface area (TPSA) is 58.1 Å². The monoisotopic (exact) mass is 422 g/mol. The van der Waals surface area contributed by atoms with E-state index in [9.17, 15) is 0 Å². The quantitative estimate of drug-likeness (QED) is 0.345. The van der Waals surface area contributed by atoms with Gasteiger partial charge in [-0.2, -0.15) is 0 Å². The summed E-state index contributed by atoms with van der Waals surface area (Å²) in [5, 5.41) is 9.16. The third-order valence-corrected chi connectivity index (χ3v) is 6.93. The number of rotatable bonds is 10. The Labute approximate surface area is 180 Å². The van der Waals surface area contributed by atoms with Crippen molar-refractivity contribution < 1.29 is 9.47 Å². The van der Waals surface area contributed by atoms with Gasteiger partial charge in [-0.25, -0.2) is 0 Å². The molecule has 7 heteroatoms. The van der Waals surface area contributed by atoms with E-state index in [1.807, 2.05) is 18.4 Å². The summed E-state index contributed by atoms with van der Waals surface area (Å²) in [6.07, 6.45) is 4.70. The minimum Gasteiger partial charge on any atom is -0.381 e. The number of thiophene rings is 1. The number of hydrogen-bond acceptors (Lipinski definition) is 5. The van der Waals surface area contributed by atoms with Crippen LogP contribution in [-0.2, 0) is 9.47 Å². The van der Waals surface area contributed by atoms with E-state index in [1.165, 1.54) is 30.8 Å². The van der Waals surface area contributed by atoms with Crippen LogP contribution in [0.25, 0.3) is 0 Å².